The molecule has 0 aromatic heterocycles. The maximum Gasteiger partial charge on any atom is 0.227 e. The molecule has 0 heterocycles. The van der Waals surface area contributed by atoms with Crippen LogP contribution in [0.25, 0.3) is 0 Å². The summed E-state index contributed by atoms with van der Waals surface area (Å²) in [4.78, 5) is 12.8. The lowest BCUT2D eigenvalue weighted by Crippen LogP contribution is -2.13. The molecule has 0 atom stereocenters. The van der Waals surface area contributed by atoms with Crippen molar-refractivity contribution >= 4 is 52.6 Å². The molecule has 2 rings (SSSR count). The second-order valence-electron chi connectivity index (χ2n) is 4.28. The number of benzene rings is 2. The number of hydrogen-bond acceptors (Lipinski definition) is 3. The van der Waals surface area contributed by atoms with Crippen LogP contribution in [-0.4, -0.2) is 11.7 Å². The van der Waals surface area contributed by atoms with Crippen molar-refractivity contribution in [3.8, 4) is 0 Å². The van der Waals surface area contributed by atoms with Crippen LogP contribution in [0.15, 0.2) is 52.3 Å². The Morgan fingerprint density at radius 1 is 1.00 bits per heavy atom. The quantitative estimate of drug-likeness (QED) is 0.802. The van der Waals surface area contributed by atoms with E-state index in [-0.39, 0.29) is 5.91 Å². The number of thioether (sulfide) groups is 1. The van der Waals surface area contributed by atoms with E-state index in [2.05, 4.69) is 0 Å². The summed E-state index contributed by atoms with van der Waals surface area (Å²) in [5.74, 6) is 0.840. The lowest BCUT2D eigenvalue weighted by Gasteiger charge is -2.05. The van der Waals surface area contributed by atoms with E-state index in [1.807, 2.05) is 36.4 Å². The van der Waals surface area contributed by atoms with Crippen LogP contribution in [0.2, 0.25) is 10.0 Å². The molecule has 0 spiro atoms. The monoisotopic (exact) mass is 357 g/mol. The Kier molecular flexibility index (Phi) is 6.30. The molecule has 2 aromatic rings. The molecule has 2 nitrogen and oxygen atoms in total. The summed E-state index contributed by atoms with van der Waals surface area (Å²) in [6.45, 7) is 0. The van der Waals surface area contributed by atoms with Crippen molar-refractivity contribution in [1.82, 2.24) is 0 Å². The fraction of sp³-hybridized carbons (Fsp3) is 0.133. The third-order valence-corrected chi connectivity index (χ3v) is 5.33. The fourth-order valence-corrected chi connectivity index (χ4v) is 3.55. The Morgan fingerprint density at radius 3 is 2.29 bits per heavy atom. The van der Waals surface area contributed by atoms with Gasteiger partial charge in [-0.15, -0.1) is 11.8 Å². The third-order valence-electron chi connectivity index (χ3n) is 2.56. The van der Waals surface area contributed by atoms with E-state index in [4.69, 9.17) is 28.9 Å². The van der Waals surface area contributed by atoms with Gasteiger partial charge in [-0.2, -0.15) is 0 Å². The zero-order valence-electron chi connectivity index (χ0n) is 11.0. The van der Waals surface area contributed by atoms with Gasteiger partial charge in [-0.05, 0) is 35.9 Å². The van der Waals surface area contributed by atoms with Crippen LogP contribution in [0.1, 0.15) is 5.56 Å². The summed E-state index contributed by atoms with van der Waals surface area (Å²) in [7, 11) is 0. The van der Waals surface area contributed by atoms with E-state index in [1.54, 1.807) is 17.8 Å². The summed E-state index contributed by atoms with van der Waals surface area (Å²) in [6.07, 6.45) is 0. The smallest absolute Gasteiger partial charge is 0.227 e. The predicted octanol–water partition coefficient (Wildman–Crippen LogP) is 4.86. The van der Waals surface area contributed by atoms with Crippen molar-refractivity contribution in [2.75, 3.05) is 5.75 Å². The van der Waals surface area contributed by atoms with Crippen LogP contribution in [0.5, 0.6) is 0 Å². The number of amides is 1. The number of primary amides is 1. The number of carbonyl (C=O) groups is 1. The number of carbonyl (C=O) groups excluding carboxylic acids is 1. The van der Waals surface area contributed by atoms with E-state index in [9.17, 15) is 4.79 Å². The minimum atomic E-state index is -0.285. The zero-order valence-corrected chi connectivity index (χ0v) is 14.2. The molecule has 0 fully saturated rings. The van der Waals surface area contributed by atoms with Gasteiger partial charge in [0.2, 0.25) is 5.91 Å². The summed E-state index contributed by atoms with van der Waals surface area (Å²) < 4.78 is 0. The van der Waals surface area contributed by atoms with Crippen molar-refractivity contribution < 1.29 is 4.79 Å². The standard InChI is InChI=1S/C15H13Cl2NOS2/c16-13-6-5-12(7-14(13)17)21-11-3-1-10(2-4-11)8-20-9-15(18)19/h1-7H,8-9H2,(H2,18,19). The number of rotatable bonds is 6. The van der Waals surface area contributed by atoms with Gasteiger partial charge in [0.15, 0.2) is 0 Å². The molecule has 6 heteroatoms. The first-order chi connectivity index (χ1) is 10.0. The van der Waals surface area contributed by atoms with Gasteiger partial charge >= 0.3 is 0 Å². The molecule has 0 aliphatic heterocycles. The predicted molar refractivity (Wildman–Crippen MR) is 92.4 cm³/mol. The van der Waals surface area contributed by atoms with Gasteiger partial charge in [0.1, 0.15) is 0 Å². The van der Waals surface area contributed by atoms with Crippen LogP contribution < -0.4 is 5.73 Å². The van der Waals surface area contributed by atoms with E-state index in [0.717, 1.165) is 15.5 Å². The first-order valence-electron chi connectivity index (χ1n) is 6.12. The molecule has 0 aliphatic carbocycles. The second-order valence-corrected chi connectivity index (χ2v) is 7.23. The molecular weight excluding hydrogens is 345 g/mol. The normalized spacial score (nSPS) is 10.6. The molecule has 110 valence electrons. The van der Waals surface area contributed by atoms with Gasteiger partial charge in [-0.1, -0.05) is 47.1 Å². The highest BCUT2D eigenvalue weighted by atomic mass is 35.5. The highest BCUT2D eigenvalue weighted by molar-refractivity contribution is 7.99. The van der Waals surface area contributed by atoms with Gasteiger partial charge in [-0.3, -0.25) is 4.79 Å². The Hall–Kier alpha value is -0.810. The first kappa shape index (κ1) is 16.6. The van der Waals surface area contributed by atoms with Crippen molar-refractivity contribution in [3.05, 3.63) is 58.1 Å². The number of nitrogens with two attached hydrogens (primary N) is 1. The van der Waals surface area contributed by atoms with E-state index in [1.165, 1.54) is 17.3 Å². The van der Waals surface area contributed by atoms with Crippen molar-refractivity contribution in [2.45, 2.75) is 15.5 Å². The molecule has 0 saturated carbocycles. The van der Waals surface area contributed by atoms with Gasteiger partial charge in [-0.25, -0.2) is 0 Å². The average Bonchev–Trinajstić information content (AvgIpc) is 2.44. The molecule has 21 heavy (non-hydrogen) atoms. The summed E-state index contributed by atoms with van der Waals surface area (Å²) in [5.41, 5.74) is 6.27. The van der Waals surface area contributed by atoms with E-state index >= 15 is 0 Å². The van der Waals surface area contributed by atoms with Crippen molar-refractivity contribution in [3.63, 3.8) is 0 Å². The Bertz CT molecular complexity index is 632. The summed E-state index contributed by atoms with van der Waals surface area (Å²) in [5, 5.41) is 1.11. The fourth-order valence-electron chi connectivity index (χ4n) is 1.60. The van der Waals surface area contributed by atoms with Crippen LogP contribution in [0.3, 0.4) is 0 Å². The van der Waals surface area contributed by atoms with Crippen molar-refractivity contribution in [2.24, 2.45) is 5.73 Å². The lowest BCUT2D eigenvalue weighted by molar-refractivity contribution is -0.115. The molecule has 0 bridgehead atoms. The van der Waals surface area contributed by atoms with Gasteiger partial charge in [0.25, 0.3) is 0 Å². The first-order valence-corrected chi connectivity index (χ1v) is 8.85. The molecule has 1 amide bonds. The third kappa shape index (κ3) is 5.47. The molecule has 0 saturated heterocycles. The summed E-state index contributed by atoms with van der Waals surface area (Å²) >= 11 is 15.0. The molecule has 2 N–H and O–H groups in total. The van der Waals surface area contributed by atoms with Crippen molar-refractivity contribution in [1.29, 1.82) is 0 Å². The molecular formula is C15H13Cl2NOS2. The second kappa shape index (κ2) is 7.99. The molecule has 0 unspecified atom stereocenters. The minimum absolute atomic E-state index is 0.285. The molecule has 2 aromatic carbocycles. The van der Waals surface area contributed by atoms with Crippen LogP contribution in [0.4, 0.5) is 0 Å². The maximum absolute atomic E-state index is 10.7. The topological polar surface area (TPSA) is 43.1 Å². The van der Waals surface area contributed by atoms with Crippen LogP contribution >= 0.6 is 46.7 Å². The summed E-state index contributed by atoms with van der Waals surface area (Å²) in [6, 6.07) is 13.8. The Balaban J connectivity index is 1.95. The van der Waals surface area contributed by atoms with E-state index < -0.39 is 0 Å². The molecule has 0 aliphatic rings. The highest BCUT2D eigenvalue weighted by Crippen LogP contribution is 2.32. The SMILES string of the molecule is NC(=O)CSCc1ccc(Sc2ccc(Cl)c(Cl)c2)cc1. The van der Waals surface area contributed by atoms with Gasteiger partial charge in [0, 0.05) is 15.5 Å². The largest absolute Gasteiger partial charge is 0.369 e. The molecule has 0 radical (unpaired) electrons. The van der Waals surface area contributed by atoms with E-state index in [0.29, 0.717) is 15.8 Å². The minimum Gasteiger partial charge on any atom is -0.369 e. The highest BCUT2D eigenvalue weighted by Gasteiger charge is 2.03. The van der Waals surface area contributed by atoms with Gasteiger partial charge < -0.3 is 5.73 Å². The average molecular weight is 358 g/mol. The van der Waals surface area contributed by atoms with Gasteiger partial charge in [0.05, 0.1) is 15.8 Å². The van der Waals surface area contributed by atoms with Crippen LogP contribution in [0, 0.1) is 0 Å². The number of hydrogen-bond donors (Lipinski definition) is 1. The maximum atomic E-state index is 10.7. The Labute approximate surface area is 142 Å². The Morgan fingerprint density at radius 2 is 1.67 bits per heavy atom. The van der Waals surface area contributed by atoms with Crippen LogP contribution in [-0.2, 0) is 10.5 Å². The zero-order chi connectivity index (χ0) is 15.2. The number of halogens is 2. The lowest BCUT2D eigenvalue weighted by atomic mass is 10.2.